The summed E-state index contributed by atoms with van der Waals surface area (Å²) in [4.78, 5) is 16.1. The van der Waals surface area contributed by atoms with Crippen molar-refractivity contribution < 1.29 is 14.3 Å². The van der Waals surface area contributed by atoms with Gasteiger partial charge < -0.3 is 14.8 Å². The maximum absolute atomic E-state index is 12.1. The topological polar surface area (TPSA) is 60.5 Å². The number of carbonyl (C=O) groups excluding carboxylic acids is 1. The molecule has 0 spiro atoms. The van der Waals surface area contributed by atoms with Gasteiger partial charge in [0, 0.05) is 14.2 Å². The van der Waals surface area contributed by atoms with Crippen molar-refractivity contribution in [3.63, 3.8) is 0 Å². The van der Waals surface area contributed by atoms with E-state index in [4.69, 9.17) is 21.1 Å². The van der Waals surface area contributed by atoms with Crippen molar-refractivity contribution in [2.75, 3.05) is 19.5 Å². The summed E-state index contributed by atoms with van der Waals surface area (Å²) in [6.07, 6.45) is 2.58. The SMILES string of the molecule is CNc1cc(C(=O)O[C@@H]2CCC[C@H]2OC)cc(Cl)n1. The van der Waals surface area contributed by atoms with Crippen molar-refractivity contribution in [1.82, 2.24) is 4.98 Å². The zero-order valence-corrected chi connectivity index (χ0v) is 11.7. The van der Waals surface area contributed by atoms with Crippen molar-refractivity contribution in [2.24, 2.45) is 0 Å². The Bertz CT molecular complexity index is 467. The summed E-state index contributed by atoms with van der Waals surface area (Å²) in [6, 6.07) is 3.12. The summed E-state index contributed by atoms with van der Waals surface area (Å²) in [7, 11) is 3.35. The number of ether oxygens (including phenoxy) is 2. The minimum Gasteiger partial charge on any atom is -0.456 e. The summed E-state index contributed by atoms with van der Waals surface area (Å²) < 4.78 is 10.8. The number of halogens is 1. The fraction of sp³-hybridized carbons (Fsp3) is 0.538. The van der Waals surface area contributed by atoms with Crippen LogP contribution in [-0.2, 0) is 9.47 Å². The lowest BCUT2D eigenvalue weighted by Gasteiger charge is -2.18. The number of pyridine rings is 1. The van der Waals surface area contributed by atoms with E-state index in [2.05, 4.69) is 10.3 Å². The Morgan fingerprint density at radius 3 is 2.84 bits per heavy atom. The Morgan fingerprint density at radius 1 is 1.42 bits per heavy atom. The second kappa shape index (κ2) is 6.21. The highest BCUT2D eigenvalue weighted by Gasteiger charge is 2.30. The molecular weight excluding hydrogens is 268 g/mol. The average molecular weight is 285 g/mol. The van der Waals surface area contributed by atoms with Gasteiger partial charge in [-0.05, 0) is 31.4 Å². The van der Waals surface area contributed by atoms with Crippen molar-refractivity contribution in [2.45, 2.75) is 31.5 Å². The van der Waals surface area contributed by atoms with E-state index in [1.165, 1.54) is 6.07 Å². The molecular formula is C13H17ClN2O3. The number of carbonyl (C=O) groups is 1. The van der Waals surface area contributed by atoms with Crippen LogP contribution in [0, 0.1) is 0 Å². The van der Waals surface area contributed by atoms with E-state index in [0.29, 0.717) is 11.4 Å². The lowest BCUT2D eigenvalue weighted by molar-refractivity contribution is -0.0206. The van der Waals surface area contributed by atoms with Crippen molar-refractivity contribution >= 4 is 23.4 Å². The molecule has 1 heterocycles. The quantitative estimate of drug-likeness (QED) is 0.680. The van der Waals surface area contributed by atoms with E-state index < -0.39 is 5.97 Å². The molecule has 0 bridgehead atoms. The van der Waals surface area contributed by atoms with Gasteiger partial charge in [0.15, 0.2) is 0 Å². The Morgan fingerprint density at radius 2 is 2.16 bits per heavy atom. The molecule has 2 rings (SSSR count). The normalized spacial score (nSPS) is 22.3. The number of anilines is 1. The number of nitrogens with zero attached hydrogens (tertiary/aromatic N) is 1. The van der Waals surface area contributed by atoms with E-state index in [1.54, 1.807) is 20.2 Å². The minimum atomic E-state index is -0.394. The van der Waals surface area contributed by atoms with Crippen LogP contribution in [0.2, 0.25) is 5.15 Å². The predicted molar refractivity (Wildman–Crippen MR) is 72.6 cm³/mol. The highest BCUT2D eigenvalue weighted by Crippen LogP contribution is 2.26. The van der Waals surface area contributed by atoms with E-state index in [0.717, 1.165) is 19.3 Å². The molecule has 0 saturated heterocycles. The van der Waals surface area contributed by atoms with Crippen LogP contribution in [-0.4, -0.2) is 37.3 Å². The van der Waals surface area contributed by atoms with Gasteiger partial charge in [0.1, 0.15) is 17.1 Å². The maximum Gasteiger partial charge on any atom is 0.338 e. The number of nitrogens with one attached hydrogen (secondary N) is 1. The minimum absolute atomic E-state index is 0.00923. The summed E-state index contributed by atoms with van der Waals surface area (Å²) in [5, 5.41) is 3.11. The molecule has 1 aliphatic rings. The van der Waals surface area contributed by atoms with E-state index in [1.807, 2.05) is 0 Å². The molecule has 6 heteroatoms. The molecule has 1 N–H and O–H groups in total. The molecule has 0 aromatic carbocycles. The molecule has 104 valence electrons. The number of hydrogen-bond donors (Lipinski definition) is 1. The Hall–Kier alpha value is -1.33. The third-order valence-electron chi connectivity index (χ3n) is 3.24. The lowest BCUT2D eigenvalue weighted by atomic mass is 10.2. The number of aromatic nitrogens is 1. The second-order valence-electron chi connectivity index (χ2n) is 4.46. The second-order valence-corrected chi connectivity index (χ2v) is 4.85. The zero-order chi connectivity index (χ0) is 13.8. The molecule has 1 saturated carbocycles. The molecule has 5 nitrogen and oxygen atoms in total. The molecule has 0 aliphatic heterocycles. The fourth-order valence-electron chi connectivity index (χ4n) is 2.24. The number of hydrogen-bond acceptors (Lipinski definition) is 5. The van der Waals surface area contributed by atoms with Crippen LogP contribution in [0.5, 0.6) is 0 Å². The Labute approximate surface area is 117 Å². The van der Waals surface area contributed by atoms with Gasteiger partial charge in [-0.2, -0.15) is 0 Å². The summed E-state index contributed by atoms with van der Waals surface area (Å²) >= 11 is 5.86. The smallest absolute Gasteiger partial charge is 0.338 e. The van der Waals surface area contributed by atoms with Crippen LogP contribution in [0.3, 0.4) is 0 Å². The number of esters is 1. The maximum atomic E-state index is 12.1. The van der Waals surface area contributed by atoms with E-state index >= 15 is 0 Å². The van der Waals surface area contributed by atoms with Crippen LogP contribution in [0.25, 0.3) is 0 Å². The van der Waals surface area contributed by atoms with Gasteiger partial charge in [-0.15, -0.1) is 0 Å². The van der Waals surface area contributed by atoms with Gasteiger partial charge in [-0.25, -0.2) is 9.78 Å². The van der Waals surface area contributed by atoms with Crippen molar-refractivity contribution in [3.05, 3.63) is 22.8 Å². The van der Waals surface area contributed by atoms with Crippen molar-refractivity contribution in [3.8, 4) is 0 Å². The molecule has 0 unspecified atom stereocenters. The number of methoxy groups -OCH3 is 1. The molecule has 19 heavy (non-hydrogen) atoms. The lowest BCUT2D eigenvalue weighted by Crippen LogP contribution is -2.27. The molecule has 2 atom stereocenters. The monoisotopic (exact) mass is 284 g/mol. The fourth-order valence-corrected chi connectivity index (χ4v) is 2.45. The third kappa shape index (κ3) is 3.36. The highest BCUT2D eigenvalue weighted by atomic mass is 35.5. The highest BCUT2D eigenvalue weighted by molar-refractivity contribution is 6.29. The molecule has 1 aromatic heterocycles. The average Bonchev–Trinajstić information content (AvgIpc) is 2.85. The Kier molecular flexibility index (Phi) is 4.61. The number of rotatable bonds is 4. The van der Waals surface area contributed by atoms with Crippen LogP contribution >= 0.6 is 11.6 Å². The van der Waals surface area contributed by atoms with E-state index in [9.17, 15) is 4.79 Å². The molecule has 1 fully saturated rings. The van der Waals surface area contributed by atoms with Gasteiger partial charge in [0.05, 0.1) is 11.7 Å². The molecule has 0 amide bonds. The van der Waals surface area contributed by atoms with Crippen LogP contribution in [0.4, 0.5) is 5.82 Å². The van der Waals surface area contributed by atoms with Gasteiger partial charge in [-0.3, -0.25) is 0 Å². The first-order valence-electron chi connectivity index (χ1n) is 6.23. The first-order valence-corrected chi connectivity index (χ1v) is 6.61. The van der Waals surface area contributed by atoms with Crippen LogP contribution in [0.1, 0.15) is 29.6 Å². The third-order valence-corrected chi connectivity index (χ3v) is 3.43. The van der Waals surface area contributed by atoms with Crippen molar-refractivity contribution in [1.29, 1.82) is 0 Å². The van der Waals surface area contributed by atoms with Crippen LogP contribution in [0.15, 0.2) is 12.1 Å². The first kappa shape index (κ1) is 14.1. The molecule has 0 radical (unpaired) electrons. The van der Waals surface area contributed by atoms with Gasteiger partial charge in [0.2, 0.25) is 0 Å². The summed E-state index contributed by atoms with van der Waals surface area (Å²) in [5.41, 5.74) is 0.395. The Balaban J connectivity index is 2.09. The van der Waals surface area contributed by atoms with Gasteiger partial charge in [0.25, 0.3) is 0 Å². The predicted octanol–water partition coefficient (Wildman–Crippen LogP) is 2.50. The molecule has 1 aromatic rings. The standard InChI is InChI=1S/C13H17ClN2O3/c1-15-12-7-8(6-11(14)16-12)13(17)19-10-5-3-4-9(10)18-2/h6-7,9-10H,3-5H2,1-2H3,(H,15,16)/t9-,10-/m1/s1. The zero-order valence-electron chi connectivity index (χ0n) is 11.0. The first-order chi connectivity index (χ1) is 9.13. The summed E-state index contributed by atoms with van der Waals surface area (Å²) in [6.45, 7) is 0. The largest absolute Gasteiger partial charge is 0.456 e. The molecule has 1 aliphatic carbocycles. The van der Waals surface area contributed by atoms with Crippen LogP contribution < -0.4 is 5.32 Å². The summed E-state index contributed by atoms with van der Waals surface area (Å²) in [5.74, 6) is 0.143. The van der Waals surface area contributed by atoms with Gasteiger partial charge >= 0.3 is 5.97 Å². The van der Waals surface area contributed by atoms with E-state index in [-0.39, 0.29) is 17.4 Å². The van der Waals surface area contributed by atoms with Gasteiger partial charge in [-0.1, -0.05) is 11.6 Å².